The Labute approximate surface area is 130 Å². The Hall–Kier alpha value is -2.05. The molecule has 1 aromatic rings. The molecule has 0 fully saturated rings. The smallest absolute Gasteiger partial charge is 0.410 e. The van der Waals surface area contributed by atoms with Gasteiger partial charge in [-0.25, -0.2) is 4.79 Å². The van der Waals surface area contributed by atoms with Crippen LogP contribution in [0.25, 0.3) is 0 Å². The molecule has 1 aliphatic heterocycles. The van der Waals surface area contributed by atoms with Crippen LogP contribution in [-0.4, -0.2) is 38.8 Å². The molecule has 0 aromatic carbocycles. The first kappa shape index (κ1) is 16.3. The maximum atomic E-state index is 12.2. The molecule has 0 bridgehead atoms. The van der Waals surface area contributed by atoms with Gasteiger partial charge in [0.2, 0.25) is 5.91 Å². The van der Waals surface area contributed by atoms with Crippen LogP contribution in [0.5, 0.6) is 0 Å². The van der Waals surface area contributed by atoms with Crippen LogP contribution in [0.15, 0.2) is 6.07 Å². The van der Waals surface area contributed by atoms with Gasteiger partial charge in [0.15, 0.2) is 0 Å². The van der Waals surface area contributed by atoms with E-state index in [1.807, 2.05) is 31.5 Å². The van der Waals surface area contributed by atoms with Crippen LogP contribution in [0.1, 0.15) is 45.5 Å². The van der Waals surface area contributed by atoms with Crippen molar-refractivity contribution in [1.82, 2.24) is 20.0 Å². The van der Waals surface area contributed by atoms with E-state index in [0.717, 1.165) is 24.4 Å². The average Bonchev–Trinajstić information content (AvgIpc) is 2.65. The van der Waals surface area contributed by atoms with Crippen molar-refractivity contribution >= 4 is 12.0 Å². The van der Waals surface area contributed by atoms with E-state index in [1.54, 1.807) is 4.90 Å². The Bertz CT molecular complexity index is 560. The third-order valence-corrected chi connectivity index (χ3v) is 3.23. The maximum absolute atomic E-state index is 12.2. The molecule has 122 valence electrons. The normalized spacial score (nSPS) is 15.0. The zero-order valence-electron chi connectivity index (χ0n) is 13.7. The summed E-state index contributed by atoms with van der Waals surface area (Å²) in [5, 5.41) is 7.21. The van der Waals surface area contributed by atoms with Crippen LogP contribution in [0.2, 0.25) is 0 Å². The first-order valence-corrected chi connectivity index (χ1v) is 7.52. The predicted molar refractivity (Wildman–Crippen MR) is 81.0 cm³/mol. The van der Waals surface area contributed by atoms with Crippen LogP contribution in [0.3, 0.4) is 0 Å². The first-order chi connectivity index (χ1) is 10.2. The van der Waals surface area contributed by atoms with Gasteiger partial charge < -0.3 is 15.0 Å². The number of rotatable bonds is 2. The summed E-state index contributed by atoms with van der Waals surface area (Å²) in [7, 11) is 0. The highest BCUT2D eigenvalue weighted by molar-refractivity contribution is 5.72. The van der Waals surface area contributed by atoms with E-state index in [0.29, 0.717) is 19.6 Å². The second-order valence-corrected chi connectivity index (χ2v) is 6.52. The molecule has 7 nitrogen and oxygen atoms in total. The van der Waals surface area contributed by atoms with Gasteiger partial charge in [0.1, 0.15) is 5.60 Å². The summed E-state index contributed by atoms with van der Waals surface area (Å²) in [6.07, 6.45) is 0.526. The number of hydrogen-bond donors (Lipinski definition) is 1. The molecule has 2 heterocycles. The van der Waals surface area contributed by atoms with Crippen molar-refractivity contribution in [3.63, 3.8) is 0 Å². The lowest BCUT2D eigenvalue weighted by Crippen LogP contribution is -2.36. The largest absolute Gasteiger partial charge is 0.444 e. The van der Waals surface area contributed by atoms with E-state index in [1.165, 1.54) is 6.92 Å². The van der Waals surface area contributed by atoms with Crippen molar-refractivity contribution in [3.05, 3.63) is 17.5 Å². The van der Waals surface area contributed by atoms with Crippen LogP contribution in [0.4, 0.5) is 4.79 Å². The Balaban J connectivity index is 2.06. The van der Waals surface area contributed by atoms with Crippen molar-refractivity contribution in [3.8, 4) is 0 Å². The fraction of sp³-hybridized carbons (Fsp3) is 0.667. The van der Waals surface area contributed by atoms with Gasteiger partial charge in [-0.3, -0.25) is 9.48 Å². The van der Waals surface area contributed by atoms with Crippen LogP contribution < -0.4 is 5.32 Å². The van der Waals surface area contributed by atoms with Gasteiger partial charge in [-0.05, 0) is 33.3 Å². The van der Waals surface area contributed by atoms with Crippen molar-refractivity contribution in [2.24, 2.45) is 0 Å². The molecule has 0 spiro atoms. The summed E-state index contributed by atoms with van der Waals surface area (Å²) in [6.45, 7) is 9.35. The fourth-order valence-electron chi connectivity index (χ4n) is 2.31. The van der Waals surface area contributed by atoms with Crippen molar-refractivity contribution in [2.75, 3.05) is 6.54 Å². The molecule has 0 unspecified atom stereocenters. The molecule has 1 N–H and O–H groups in total. The van der Waals surface area contributed by atoms with Gasteiger partial charge in [-0.2, -0.15) is 5.10 Å². The van der Waals surface area contributed by atoms with Crippen molar-refractivity contribution in [1.29, 1.82) is 0 Å². The van der Waals surface area contributed by atoms with E-state index < -0.39 is 5.60 Å². The summed E-state index contributed by atoms with van der Waals surface area (Å²) in [6, 6.07) is 1.93. The molecular weight excluding hydrogens is 284 g/mol. The fourth-order valence-corrected chi connectivity index (χ4v) is 2.31. The molecule has 1 aliphatic rings. The average molecular weight is 308 g/mol. The highest BCUT2D eigenvalue weighted by Crippen LogP contribution is 2.17. The number of amides is 2. The van der Waals surface area contributed by atoms with Crippen LogP contribution in [-0.2, 0) is 29.2 Å². The molecule has 0 atom stereocenters. The number of aryl methyl sites for hydroxylation is 1. The Morgan fingerprint density at radius 2 is 2.09 bits per heavy atom. The van der Waals surface area contributed by atoms with E-state index in [-0.39, 0.29) is 12.0 Å². The van der Waals surface area contributed by atoms with Gasteiger partial charge in [0, 0.05) is 20.0 Å². The van der Waals surface area contributed by atoms with E-state index in [4.69, 9.17) is 4.74 Å². The number of nitrogens with zero attached hydrogens (tertiary/aromatic N) is 3. The molecule has 2 amide bonds. The molecular formula is C15H24N4O3. The highest BCUT2D eigenvalue weighted by Gasteiger charge is 2.25. The minimum absolute atomic E-state index is 0.0847. The summed E-state index contributed by atoms with van der Waals surface area (Å²) in [4.78, 5) is 24.9. The number of fused-ring (bicyclic) bond motifs is 1. The maximum Gasteiger partial charge on any atom is 0.410 e. The van der Waals surface area contributed by atoms with E-state index in [2.05, 4.69) is 10.4 Å². The Morgan fingerprint density at radius 1 is 1.36 bits per heavy atom. The standard InChI is InChI=1S/C15H24N4O3/c1-11(20)16-9-12-8-13-10-18(6-5-7-19(13)17-12)14(21)22-15(2,3)4/h8H,5-7,9-10H2,1-4H3,(H,16,20). The lowest BCUT2D eigenvalue weighted by atomic mass is 10.2. The summed E-state index contributed by atoms with van der Waals surface area (Å²) < 4.78 is 7.34. The number of ether oxygens (including phenoxy) is 1. The van der Waals surface area contributed by atoms with Crippen molar-refractivity contribution in [2.45, 2.75) is 59.4 Å². The van der Waals surface area contributed by atoms with Gasteiger partial charge in [-0.15, -0.1) is 0 Å². The molecule has 2 rings (SSSR count). The van der Waals surface area contributed by atoms with E-state index in [9.17, 15) is 9.59 Å². The molecule has 0 aliphatic carbocycles. The minimum Gasteiger partial charge on any atom is -0.444 e. The molecule has 1 aromatic heterocycles. The molecule has 22 heavy (non-hydrogen) atoms. The van der Waals surface area contributed by atoms with E-state index >= 15 is 0 Å². The van der Waals surface area contributed by atoms with Gasteiger partial charge in [-0.1, -0.05) is 0 Å². The zero-order valence-corrected chi connectivity index (χ0v) is 13.7. The third-order valence-electron chi connectivity index (χ3n) is 3.23. The number of carbonyl (C=O) groups is 2. The van der Waals surface area contributed by atoms with Gasteiger partial charge in [0.05, 0.1) is 24.5 Å². The zero-order chi connectivity index (χ0) is 16.3. The minimum atomic E-state index is -0.500. The van der Waals surface area contributed by atoms with Gasteiger partial charge >= 0.3 is 6.09 Å². The number of nitrogens with one attached hydrogen (secondary N) is 1. The molecule has 0 saturated heterocycles. The van der Waals surface area contributed by atoms with Crippen molar-refractivity contribution < 1.29 is 14.3 Å². The highest BCUT2D eigenvalue weighted by atomic mass is 16.6. The van der Waals surface area contributed by atoms with Gasteiger partial charge in [0.25, 0.3) is 0 Å². The number of carbonyl (C=O) groups excluding carboxylic acids is 2. The first-order valence-electron chi connectivity index (χ1n) is 7.52. The predicted octanol–water partition coefficient (Wildman–Crippen LogP) is 1.66. The second kappa shape index (κ2) is 6.37. The number of hydrogen-bond acceptors (Lipinski definition) is 4. The summed E-state index contributed by atoms with van der Waals surface area (Å²) >= 11 is 0. The second-order valence-electron chi connectivity index (χ2n) is 6.52. The van der Waals surface area contributed by atoms with Crippen LogP contribution in [0, 0.1) is 0 Å². The lowest BCUT2D eigenvalue weighted by Gasteiger charge is -2.26. The Morgan fingerprint density at radius 3 is 2.73 bits per heavy atom. The topological polar surface area (TPSA) is 76.5 Å². The summed E-state index contributed by atoms with van der Waals surface area (Å²) in [5.74, 6) is -0.0847. The molecule has 7 heteroatoms. The third kappa shape index (κ3) is 4.47. The monoisotopic (exact) mass is 308 g/mol. The quantitative estimate of drug-likeness (QED) is 0.901. The van der Waals surface area contributed by atoms with Crippen LogP contribution >= 0.6 is 0 Å². The summed E-state index contributed by atoms with van der Waals surface area (Å²) in [5.41, 5.74) is 1.26. The Kier molecular flexibility index (Phi) is 4.73. The lowest BCUT2D eigenvalue weighted by molar-refractivity contribution is -0.119. The SMILES string of the molecule is CC(=O)NCc1cc2n(n1)CCCN(C(=O)OC(C)(C)C)C2. The molecule has 0 radical (unpaired) electrons. The molecule has 0 saturated carbocycles. The number of aromatic nitrogens is 2.